The summed E-state index contributed by atoms with van der Waals surface area (Å²) in [4.78, 5) is 35.7. The molecule has 0 radical (unpaired) electrons. The molecule has 0 saturated heterocycles. The van der Waals surface area contributed by atoms with Crippen molar-refractivity contribution < 1.29 is 14.4 Å². The van der Waals surface area contributed by atoms with Gasteiger partial charge in [0.15, 0.2) is 5.82 Å². The van der Waals surface area contributed by atoms with Crippen LogP contribution in [0, 0.1) is 6.92 Å². The third kappa shape index (κ3) is 8.94. The van der Waals surface area contributed by atoms with Crippen LogP contribution in [0.3, 0.4) is 0 Å². The van der Waals surface area contributed by atoms with E-state index in [4.69, 9.17) is 26.2 Å². The molecule has 6 heterocycles. The fraction of sp³-hybridized carbons (Fsp3) is 0.311. The van der Waals surface area contributed by atoms with Crippen molar-refractivity contribution in [2.75, 3.05) is 19.8 Å². The zero-order chi connectivity index (χ0) is 39.8. The summed E-state index contributed by atoms with van der Waals surface area (Å²) in [7, 11) is 0. The van der Waals surface area contributed by atoms with Gasteiger partial charge in [-0.25, -0.2) is 0 Å². The number of carbonyl (C=O) groups excluding carboxylic acids is 1. The standard InChI is InChI=1S/C45H45ClN8O3S/c1-30-44-51-50-31(2)54(44)45-41(43(49-30)36-16-3-4-17-38(36)46)37-19-22-53(29-39(37)58-45)28-33-11-7-14-34(25-33)42(35-15-9-21-48-27-35)52-57-24-6-5-18-40(55)56-23-10-13-32-12-8-20-47-26-32/h3-4,7-9,11-12,14-17,20-21,25-27,30H,5-6,10,13,18-19,22-24,28-29H2,1-2H3/b52-42+. The molecule has 0 amide bonds. The molecular weight excluding hydrogens is 768 g/mol. The second-order valence-electron chi connectivity index (χ2n) is 14.6. The van der Waals surface area contributed by atoms with Crippen LogP contribution in [0.2, 0.25) is 5.02 Å². The second-order valence-corrected chi connectivity index (χ2v) is 16.1. The quantitative estimate of drug-likeness (QED) is 0.0438. The van der Waals surface area contributed by atoms with Crippen LogP contribution in [0.15, 0.2) is 108 Å². The van der Waals surface area contributed by atoms with Crippen molar-refractivity contribution >= 4 is 40.3 Å². The maximum absolute atomic E-state index is 12.3. The zero-order valence-corrected chi connectivity index (χ0v) is 34.3. The van der Waals surface area contributed by atoms with Crippen LogP contribution in [-0.4, -0.2) is 66.8 Å². The van der Waals surface area contributed by atoms with Gasteiger partial charge in [0, 0.05) is 83.0 Å². The molecule has 8 rings (SSSR count). The first-order valence-corrected chi connectivity index (χ1v) is 21.0. The van der Waals surface area contributed by atoms with Crippen molar-refractivity contribution in [3.05, 3.63) is 158 Å². The maximum atomic E-state index is 12.3. The number of aromatic nitrogens is 5. The lowest BCUT2D eigenvalue weighted by Gasteiger charge is -2.27. The molecule has 0 aliphatic carbocycles. The summed E-state index contributed by atoms with van der Waals surface area (Å²) in [6.07, 6.45) is 11.3. The monoisotopic (exact) mass is 812 g/mol. The molecule has 0 bridgehead atoms. The molecule has 1 unspecified atom stereocenters. The van der Waals surface area contributed by atoms with Gasteiger partial charge in [-0.1, -0.05) is 59.2 Å². The molecular formula is C45H45ClN8O3S. The maximum Gasteiger partial charge on any atom is 0.305 e. The average Bonchev–Trinajstić information content (AvgIpc) is 3.78. The number of aliphatic imine (C=N–C) groups is 1. The molecule has 0 N–H and O–H groups in total. The molecule has 2 aliphatic rings. The van der Waals surface area contributed by atoms with E-state index < -0.39 is 0 Å². The molecule has 0 spiro atoms. The Bertz CT molecular complexity index is 2430. The molecule has 0 fully saturated rings. The number of carbonyl (C=O) groups is 1. The number of unbranched alkanes of at least 4 members (excludes halogenated alkanes) is 1. The molecule has 4 aromatic heterocycles. The molecule has 1 atom stereocenters. The summed E-state index contributed by atoms with van der Waals surface area (Å²) in [5.41, 5.74) is 9.18. The minimum absolute atomic E-state index is 0.171. The van der Waals surface area contributed by atoms with E-state index in [1.165, 1.54) is 16.0 Å². The fourth-order valence-corrected chi connectivity index (χ4v) is 9.20. The van der Waals surface area contributed by atoms with Gasteiger partial charge >= 0.3 is 5.97 Å². The molecule has 2 aromatic carbocycles. The predicted molar refractivity (Wildman–Crippen MR) is 227 cm³/mol. The highest BCUT2D eigenvalue weighted by atomic mass is 35.5. The van der Waals surface area contributed by atoms with Gasteiger partial charge in [0.1, 0.15) is 29.2 Å². The van der Waals surface area contributed by atoms with Crippen LogP contribution in [0.5, 0.6) is 0 Å². The van der Waals surface area contributed by atoms with Crippen molar-refractivity contribution in [3.8, 4) is 5.00 Å². The van der Waals surface area contributed by atoms with E-state index in [0.717, 1.165) is 89.1 Å². The highest BCUT2D eigenvalue weighted by Crippen LogP contribution is 2.42. The summed E-state index contributed by atoms with van der Waals surface area (Å²) >= 11 is 8.62. The number of hydrogen-bond acceptors (Lipinski definition) is 11. The van der Waals surface area contributed by atoms with Crippen LogP contribution in [0.1, 0.15) is 94.1 Å². The van der Waals surface area contributed by atoms with Crippen LogP contribution < -0.4 is 0 Å². The van der Waals surface area contributed by atoms with Crippen molar-refractivity contribution in [2.24, 2.45) is 10.1 Å². The van der Waals surface area contributed by atoms with Gasteiger partial charge in [0.25, 0.3) is 0 Å². The van der Waals surface area contributed by atoms with E-state index in [0.29, 0.717) is 43.2 Å². The molecule has 2 aliphatic heterocycles. The van der Waals surface area contributed by atoms with Crippen LogP contribution in [-0.2, 0) is 40.3 Å². The largest absolute Gasteiger partial charge is 0.466 e. The highest BCUT2D eigenvalue weighted by Gasteiger charge is 2.34. The van der Waals surface area contributed by atoms with Crippen molar-refractivity contribution in [2.45, 2.75) is 71.5 Å². The minimum Gasteiger partial charge on any atom is -0.466 e. The predicted octanol–water partition coefficient (Wildman–Crippen LogP) is 8.67. The molecule has 0 saturated carbocycles. The number of benzene rings is 2. The minimum atomic E-state index is -0.188. The van der Waals surface area contributed by atoms with Gasteiger partial charge in [0.05, 0.1) is 12.3 Å². The van der Waals surface area contributed by atoms with Crippen molar-refractivity contribution in [1.29, 1.82) is 0 Å². The SMILES string of the molecule is Cc1nnc2n1-c1sc3c(c1C(c1ccccc1Cl)=NC2C)CCN(Cc1cccc(/C(=N\OCCCCC(=O)OCCCc2cccnc2)c2cccnc2)c1)C3. The van der Waals surface area contributed by atoms with Crippen LogP contribution in [0.25, 0.3) is 5.00 Å². The first kappa shape index (κ1) is 39.3. The number of oxime groups is 1. The van der Waals surface area contributed by atoms with Crippen molar-refractivity contribution in [3.63, 3.8) is 0 Å². The Morgan fingerprint density at radius 2 is 1.76 bits per heavy atom. The Labute approximate surface area is 347 Å². The third-order valence-corrected chi connectivity index (χ3v) is 11.9. The number of fused-ring (bicyclic) bond motifs is 5. The van der Waals surface area contributed by atoms with E-state index in [2.05, 4.69) is 72.0 Å². The number of hydrogen-bond donors (Lipinski definition) is 0. The summed E-state index contributed by atoms with van der Waals surface area (Å²) < 4.78 is 7.61. The summed E-state index contributed by atoms with van der Waals surface area (Å²) in [5.74, 6) is 1.50. The third-order valence-electron chi connectivity index (χ3n) is 10.4. The fourth-order valence-electron chi connectivity index (χ4n) is 7.53. The Kier molecular flexibility index (Phi) is 12.4. The first-order chi connectivity index (χ1) is 28.4. The van der Waals surface area contributed by atoms with Gasteiger partial charge in [-0.15, -0.1) is 21.5 Å². The molecule has 13 heteroatoms. The second kappa shape index (κ2) is 18.4. The Morgan fingerprint density at radius 1 is 0.931 bits per heavy atom. The van der Waals surface area contributed by atoms with Gasteiger partial charge in [-0.05, 0) is 93.0 Å². The topological polar surface area (TPSA) is 120 Å². The lowest BCUT2D eigenvalue weighted by atomic mass is 9.95. The molecule has 296 valence electrons. The van der Waals surface area contributed by atoms with E-state index in [1.54, 1.807) is 29.9 Å². The van der Waals surface area contributed by atoms with E-state index in [-0.39, 0.29) is 12.0 Å². The summed E-state index contributed by atoms with van der Waals surface area (Å²) in [6.45, 7) is 7.35. The first-order valence-electron chi connectivity index (χ1n) is 19.8. The Hall–Kier alpha value is -5.56. The average molecular weight is 813 g/mol. The van der Waals surface area contributed by atoms with E-state index in [1.807, 2.05) is 55.6 Å². The number of thiophene rings is 1. The molecule has 58 heavy (non-hydrogen) atoms. The van der Waals surface area contributed by atoms with Crippen LogP contribution in [0.4, 0.5) is 0 Å². The van der Waals surface area contributed by atoms with E-state index >= 15 is 0 Å². The summed E-state index contributed by atoms with van der Waals surface area (Å²) in [5, 5.41) is 15.4. The number of pyridine rings is 2. The smallest absolute Gasteiger partial charge is 0.305 e. The Morgan fingerprint density at radius 3 is 2.59 bits per heavy atom. The molecule has 6 aromatic rings. The normalized spacial score (nSPS) is 15.2. The number of ether oxygens (including phenoxy) is 1. The number of esters is 1. The van der Waals surface area contributed by atoms with Crippen molar-refractivity contribution in [1.82, 2.24) is 29.6 Å². The lowest BCUT2D eigenvalue weighted by molar-refractivity contribution is -0.143. The van der Waals surface area contributed by atoms with E-state index in [9.17, 15) is 4.79 Å². The van der Waals surface area contributed by atoms with Gasteiger partial charge in [-0.2, -0.15) is 0 Å². The molecule has 11 nitrogen and oxygen atoms in total. The van der Waals surface area contributed by atoms with Gasteiger partial charge in [0.2, 0.25) is 0 Å². The number of aryl methyl sites for hydroxylation is 2. The highest BCUT2D eigenvalue weighted by molar-refractivity contribution is 7.15. The number of nitrogens with zero attached hydrogens (tertiary/aromatic N) is 8. The number of rotatable bonds is 15. The van der Waals surface area contributed by atoms with Crippen LogP contribution >= 0.6 is 22.9 Å². The lowest BCUT2D eigenvalue weighted by Crippen LogP contribution is -2.30. The van der Waals surface area contributed by atoms with Gasteiger partial charge < -0.3 is 9.57 Å². The Balaban J connectivity index is 0.927. The number of halogens is 1. The zero-order valence-electron chi connectivity index (χ0n) is 32.7. The van der Waals surface area contributed by atoms with Gasteiger partial charge in [-0.3, -0.25) is 29.2 Å². The summed E-state index contributed by atoms with van der Waals surface area (Å²) in [6, 6.07) is 24.1.